The summed E-state index contributed by atoms with van der Waals surface area (Å²) in [6.45, 7) is 2.74. The van der Waals surface area contributed by atoms with Gasteiger partial charge in [-0.1, -0.05) is 6.07 Å². The Balaban J connectivity index is 1.96. The number of aryl methyl sites for hydroxylation is 2. The molecule has 0 spiro atoms. The van der Waals surface area contributed by atoms with Crippen molar-refractivity contribution in [2.45, 2.75) is 13.8 Å². The summed E-state index contributed by atoms with van der Waals surface area (Å²) >= 11 is 1.15. The van der Waals surface area contributed by atoms with Crippen molar-refractivity contribution >= 4 is 28.9 Å². The van der Waals surface area contributed by atoms with Gasteiger partial charge < -0.3 is 10.1 Å². The lowest BCUT2D eigenvalue weighted by atomic mass is 10.3. The molecule has 1 aromatic carbocycles. The lowest BCUT2D eigenvalue weighted by molar-refractivity contribution is -0.119. The fraction of sp³-hybridized carbons (Fsp3) is 0.214. The molecule has 8 heteroatoms. The second kappa shape index (κ2) is 6.61. The topological polar surface area (TPSA) is 68.3 Å². The molecule has 1 aromatic heterocycles. The van der Waals surface area contributed by atoms with E-state index >= 15 is 0 Å². The number of hydrogen-bond acceptors (Lipinski definition) is 5. The number of benzene rings is 1. The summed E-state index contributed by atoms with van der Waals surface area (Å²) in [6.07, 6.45) is 0. The molecule has 0 saturated carbocycles. The normalized spacial score (nSPS) is 10.4. The molecule has 0 saturated heterocycles. The van der Waals surface area contributed by atoms with Crippen LogP contribution in [0.1, 0.15) is 20.4 Å². The van der Waals surface area contributed by atoms with Gasteiger partial charge in [-0.2, -0.15) is 0 Å². The molecule has 0 aliphatic heterocycles. The number of amides is 1. The molecule has 1 N–H and O–H groups in total. The first-order chi connectivity index (χ1) is 10.4. The van der Waals surface area contributed by atoms with Crippen molar-refractivity contribution in [3.05, 3.63) is 45.4 Å². The van der Waals surface area contributed by atoms with Gasteiger partial charge in [0, 0.05) is 0 Å². The van der Waals surface area contributed by atoms with E-state index in [1.807, 2.05) is 5.32 Å². The minimum atomic E-state index is -0.909. The minimum Gasteiger partial charge on any atom is -0.451 e. The number of ether oxygens (including phenoxy) is 1. The molecular weight excluding hydrogens is 314 g/mol. The number of para-hydroxylation sites is 1. The van der Waals surface area contributed by atoms with E-state index in [0.29, 0.717) is 15.6 Å². The highest BCUT2D eigenvalue weighted by atomic mass is 32.1. The SMILES string of the molecule is Cc1nc(C)c(C(=O)OCC(=O)Nc2c(F)cccc2F)s1. The second-order valence-electron chi connectivity index (χ2n) is 4.37. The summed E-state index contributed by atoms with van der Waals surface area (Å²) in [5.74, 6) is -3.36. The van der Waals surface area contributed by atoms with E-state index in [1.165, 1.54) is 6.07 Å². The molecule has 2 rings (SSSR count). The highest BCUT2D eigenvalue weighted by Crippen LogP contribution is 2.19. The summed E-state index contributed by atoms with van der Waals surface area (Å²) < 4.78 is 31.5. The van der Waals surface area contributed by atoms with Crippen LogP contribution in [0.15, 0.2) is 18.2 Å². The molecule has 1 amide bonds. The number of carbonyl (C=O) groups is 2. The lowest BCUT2D eigenvalue weighted by Crippen LogP contribution is -2.22. The average molecular weight is 326 g/mol. The van der Waals surface area contributed by atoms with E-state index in [2.05, 4.69) is 4.98 Å². The summed E-state index contributed by atoms with van der Waals surface area (Å²) in [7, 11) is 0. The highest BCUT2D eigenvalue weighted by Gasteiger charge is 2.18. The number of aromatic nitrogens is 1. The number of hydrogen-bond donors (Lipinski definition) is 1. The number of halogens is 2. The smallest absolute Gasteiger partial charge is 0.350 e. The lowest BCUT2D eigenvalue weighted by Gasteiger charge is -2.07. The van der Waals surface area contributed by atoms with Crippen molar-refractivity contribution in [3.63, 3.8) is 0 Å². The Morgan fingerprint density at radius 3 is 2.45 bits per heavy atom. The fourth-order valence-electron chi connectivity index (χ4n) is 1.71. The van der Waals surface area contributed by atoms with Crippen LogP contribution < -0.4 is 5.32 Å². The zero-order valence-electron chi connectivity index (χ0n) is 11.8. The predicted octanol–water partition coefficient (Wildman–Crippen LogP) is 2.83. The van der Waals surface area contributed by atoms with Crippen LogP contribution in [0.5, 0.6) is 0 Å². The van der Waals surface area contributed by atoms with E-state index in [0.717, 1.165) is 23.5 Å². The molecule has 0 unspecified atom stereocenters. The third-order valence-corrected chi connectivity index (χ3v) is 3.70. The van der Waals surface area contributed by atoms with Crippen molar-refractivity contribution in [1.82, 2.24) is 4.98 Å². The quantitative estimate of drug-likeness (QED) is 0.877. The third kappa shape index (κ3) is 3.64. The van der Waals surface area contributed by atoms with Crippen molar-refractivity contribution < 1.29 is 23.1 Å². The molecule has 0 bridgehead atoms. The third-order valence-electron chi connectivity index (χ3n) is 2.65. The van der Waals surface area contributed by atoms with E-state index in [-0.39, 0.29) is 0 Å². The predicted molar refractivity (Wildman–Crippen MR) is 76.9 cm³/mol. The number of carbonyl (C=O) groups excluding carboxylic acids is 2. The molecule has 0 atom stereocenters. The first-order valence-corrected chi connectivity index (χ1v) is 7.05. The van der Waals surface area contributed by atoms with Crippen LogP contribution in [0, 0.1) is 25.5 Å². The first-order valence-electron chi connectivity index (χ1n) is 6.23. The van der Waals surface area contributed by atoms with Crippen LogP contribution in [-0.2, 0) is 9.53 Å². The molecular formula is C14H12F2N2O3S. The van der Waals surface area contributed by atoms with Crippen LogP contribution >= 0.6 is 11.3 Å². The molecule has 116 valence electrons. The number of rotatable bonds is 4. The van der Waals surface area contributed by atoms with Gasteiger partial charge in [0.1, 0.15) is 22.2 Å². The fourth-order valence-corrected chi connectivity index (χ4v) is 2.52. The van der Waals surface area contributed by atoms with Crippen LogP contribution in [0.2, 0.25) is 0 Å². The Morgan fingerprint density at radius 2 is 1.91 bits per heavy atom. The molecule has 22 heavy (non-hydrogen) atoms. The second-order valence-corrected chi connectivity index (χ2v) is 5.57. The van der Waals surface area contributed by atoms with Crippen molar-refractivity contribution in [3.8, 4) is 0 Å². The molecule has 1 heterocycles. The van der Waals surface area contributed by atoms with Gasteiger partial charge in [0.05, 0.1) is 10.7 Å². The zero-order chi connectivity index (χ0) is 16.3. The Morgan fingerprint density at radius 1 is 1.27 bits per heavy atom. The van der Waals surface area contributed by atoms with Gasteiger partial charge in [0.25, 0.3) is 5.91 Å². The van der Waals surface area contributed by atoms with Crippen molar-refractivity contribution in [1.29, 1.82) is 0 Å². The molecule has 0 aliphatic carbocycles. The average Bonchev–Trinajstić information content (AvgIpc) is 2.79. The number of nitrogens with one attached hydrogen (secondary N) is 1. The molecule has 0 radical (unpaired) electrons. The number of anilines is 1. The Labute approximate surface area is 128 Å². The molecule has 2 aromatic rings. The van der Waals surface area contributed by atoms with E-state index in [4.69, 9.17) is 4.74 Å². The molecule has 0 fully saturated rings. The number of nitrogens with zero attached hydrogens (tertiary/aromatic N) is 1. The van der Waals surface area contributed by atoms with Gasteiger partial charge in [-0.05, 0) is 26.0 Å². The van der Waals surface area contributed by atoms with E-state index in [1.54, 1.807) is 13.8 Å². The zero-order valence-corrected chi connectivity index (χ0v) is 12.6. The van der Waals surface area contributed by atoms with Crippen LogP contribution in [0.4, 0.5) is 14.5 Å². The van der Waals surface area contributed by atoms with Gasteiger partial charge >= 0.3 is 5.97 Å². The van der Waals surface area contributed by atoms with Crippen LogP contribution in [0.25, 0.3) is 0 Å². The van der Waals surface area contributed by atoms with E-state index < -0.39 is 35.8 Å². The minimum absolute atomic E-state index is 0.294. The van der Waals surface area contributed by atoms with Gasteiger partial charge in [0.15, 0.2) is 6.61 Å². The van der Waals surface area contributed by atoms with Crippen LogP contribution in [0.3, 0.4) is 0 Å². The van der Waals surface area contributed by atoms with Gasteiger partial charge in [-0.25, -0.2) is 18.6 Å². The van der Waals surface area contributed by atoms with Crippen LogP contribution in [-0.4, -0.2) is 23.5 Å². The number of esters is 1. The van der Waals surface area contributed by atoms with Gasteiger partial charge in [0.2, 0.25) is 0 Å². The summed E-state index contributed by atoms with van der Waals surface area (Å²) in [5.41, 5.74) is -0.0681. The standard InChI is InChI=1S/C14H12F2N2O3S/c1-7-13(22-8(2)17-7)14(20)21-6-11(19)18-12-9(15)4-3-5-10(12)16/h3-5H,6H2,1-2H3,(H,18,19). The first kappa shape index (κ1) is 16.0. The summed E-state index contributed by atoms with van der Waals surface area (Å²) in [5, 5.41) is 2.72. The number of thiazole rings is 1. The largest absolute Gasteiger partial charge is 0.451 e. The van der Waals surface area contributed by atoms with Crippen molar-refractivity contribution in [2.24, 2.45) is 0 Å². The summed E-state index contributed by atoms with van der Waals surface area (Å²) in [4.78, 5) is 27.8. The maximum Gasteiger partial charge on any atom is 0.350 e. The maximum atomic E-state index is 13.4. The Kier molecular flexibility index (Phi) is 4.81. The summed E-state index contributed by atoms with van der Waals surface area (Å²) in [6, 6.07) is 3.19. The van der Waals surface area contributed by atoms with Gasteiger partial charge in [-0.15, -0.1) is 11.3 Å². The maximum absolute atomic E-state index is 13.4. The monoisotopic (exact) mass is 326 g/mol. The Bertz CT molecular complexity index is 711. The molecule has 0 aliphatic rings. The van der Waals surface area contributed by atoms with E-state index in [9.17, 15) is 18.4 Å². The van der Waals surface area contributed by atoms with Gasteiger partial charge in [-0.3, -0.25) is 4.79 Å². The van der Waals surface area contributed by atoms with Crippen molar-refractivity contribution in [2.75, 3.05) is 11.9 Å². The molecule has 5 nitrogen and oxygen atoms in total. The highest BCUT2D eigenvalue weighted by molar-refractivity contribution is 7.13. The Hall–Kier alpha value is -2.35.